The van der Waals surface area contributed by atoms with Gasteiger partial charge in [-0.25, -0.2) is 5.43 Å². The van der Waals surface area contributed by atoms with Crippen LogP contribution in [-0.4, -0.2) is 12.1 Å². The highest BCUT2D eigenvalue weighted by atomic mass is 35.5. The molecule has 110 valence electrons. The van der Waals surface area contributed by atoms with Crippen molar-refractivity contribution in [1.82, 2.24) is 5.43 Å². The number of hydrazone groups is 1. The number of nitrogens with one attached hydrogen (secondary N) is 1. The Morgan fingerprint density at radius 2 is 2.05 bits per heavy atom. The van der Waals surface area contributed by atoms with Crippen molar-refractivity contribution in [3.63, 3.8) is 0 Å². The highest BCUT2D eigenvalue weighted by molar-refractivity contribution is 7.12. The first-order valence-corrected chi connectivity index (χ1v) is 7.71. The lowest BCUT2D eigenvalue weighted by Crippen LogP contribution is -2.15. The molecule has 1 amide bonds. The molecule has 0 aliphatic carbocycles. The van der Waals surface area contributed by atoms with E-state index < -0.39 is 0 Å². The summed E-state index contributed by atoms with van der Waals surface area (Å²) >= 11 is 7.48. The molecule has 2 aromatic heterocycles. The van der Waals surface area contributed by atoms with Crippen LogP contribution in [0.5, 0.6) is 0 Å². The topological polar surface area (TPSA) is 54.6 Å². The van der Waals surface area contributed by atoms with Crippen LogP contribution in [-0.2, 0) is 0 Å². The van der Waals surface area contributed by atoms with Gasteiger partial charge in [0.2, 0.25) is 0 Å². The van der Waals surface area contributed by atoms with Crippen LogP contribution in [0.25, 0.3) is 11.3 Å². The molecule has 0 spiro atoms. The van der Waals surface area contributed by atoms with Crippen molar-refractivity contribution < 1.29 is 9.21 Å². The van der Waals surface area contributed by atoms with Crippen molar-refractivity contribution in [2.75, 3.05) is 0 Å². The van der Waals surface area contributed by atoms with Crippen molar-refractivity contribution in [3.05, 3.63) is 69.6 Å². The maximum atomic E-state index is 11.7. The Morgan fingerprint density at radius 3 is 2.82 bits per heavy atom. The summed E-state index contributed by atoms with van der Waals surface area (Å²) in [5.41, 5.74) is 3.26. The lowest BCUT2D eigenvalue weighted by molar-refractivity contribution is 0.0959. The zero-order valence-corrected chi connectivity index (χ0v) is 12.9. The van der Waals surface area contributed by atoms with Gasteiger partial charge >= 0.3 is 0 Å². The zero-order valence-electron chi connectivity index (χ0n) is 11.3. The largest absolute Gasteiger partial charge is 0.455 e. The van der Waals surface area contributed by atoms with Crippen molar-refractivity contribution in [2.24, 2.45) is 5.10 Å². The zero-order chi connectivity index (χ0) is 15.4. The van der Waals surface area contributed by atoms with Gasteiger partial charge in [0.1, 0.15) is 11.5 Å². The first-order valence-electron chi connectivity index (χ1n) is 6.46. The molecule has 1 N–H and O–H groups in total. The Morgan fingerprint density at radius 1 is 1.18 bits per heavy atom. The molecule has 0 fully saturated rings. The summed E-state index contributed by atoms with van der Waals surface area (Å²) in [5, 5.41) is 6.33. The number of hydrogen-bond acceptors (Lipinski definition) is 4. The predicted molar refractivity (Wildman–Crippen MR) is 88.5 cm³/mol. The van der Waals surface area contributed by atoms with Crippen molar-refractivity contribution in [3.8, 4) is 11.3 Å². The molecule has 0 atom stereocenters. The molecule has 0 unspecified atom stereocenters. The Labute approximate surface area is 136 Å². The van der Waals surface area contributed by atoms with Crippen LogP contribution in [0.3, 0.4) is 0 Å². The maximum absolute atomic E-state index is 11.7. The molecule has 1 aromatic carbocycles. The van der Waals surface area contributed by atoms with E-state index in [1.807, 2.05) is 35.7 Å². The third-order valence-electron chi connectivity index (χ3n) is 2.87. The van der Waals surface area contributed by atoms with Gasteiger partial charge in [0.15, 0.2) is 0 Å². The van der Waals surface area contributed by atoms with Crippen LogP contribution in [0.15, 0.2) is 63.4 Å². The number of carbonyl (C=O) groups is 1. The lowest BCUT2D eigenvalue weighted by Gasteiger charge is -1.98. The van der Waals surface area contributed by atoms with Crippen molar-refractivity contribution in [1.29, 1.82) is 0 Å². The van der Waals surface area contributed by atoms with Gasteiger partial charge in [-0.1, -0.05) is 29.8 Å². The summed E-state index contributed by atoms with van der Waals surface area (Å²) in [6, 6.07) is 14.5. The standard InChI is InChI=1S/C16H11ClN2O2S/c17-13-5-2-1-4-12(13)14-8-7-11(21-14)10-18-19-16(20)15-6-3-9-22-15/h1-10H,(H,19,20)/b18-10-. The number of amides is 1. The van der Waals surface area contributed by atoms with E-state index in [4.69, 9.17) is 16.0 Å². The molecule has 0 radical (unpaired) electrons. The quantitative estimate of drug-likeness (QED) is 0.568. The average Bonchev–Trinajstić information content (AvgIpc) is 3.19. The molecule has 0 saturated carbocycles. The van der Waals surface area contributed by atoms with Crippen LogP contribution >= 0.6 is 22.9 Å². The molecular formula is C16H11ClN2O2S. The first-order chi connectivity index (χ1) is 10.7. The van der Waals surface area contributed by atoms with Crippen LogP contribution in [0.1, 0.15) is 15.4 Å². The molecule has 0 aliphatic rings. The second kappa shape index (κ2) is 6.60. The summed E-state index contributed by atoms with van der Waals surface area (Å²) in [6.45, 7) is 0. The smallest absolute Gasteiger partial charge is 0.281 e. The van der Waals surface area contributed by atoms with Gasteiger partial charge in [-0.2, -0.15) is 5.10 Å². The number of rotatable bonds is 4. The molecular weight excluding hydrogens is 320 g/mol. The van der Waals surface area contributed by atoms with Gasteiger partial charge < -0.3 is 4.42 Å². The number of nitrogens with zero attached hydrogens (tertiary/aromatic N) is 1. The van der Waals surface area contributed by atoms with Gasteiger partial charge in [-0.3, -0.25) is 4.79 Å². The SMILES string of the molecule is O=C(N/N=C\c1ccc(-c2ccccc2Cl)o1)c1cccs1. The van der Waals surface area contributed by atoms with Crippen molar-refractivity contribution >= 4 is 35.1 Å². The van der Waals surface area contributed by atoms with Gasteiger partial charge in [0, 0.05) is 5.56 Å². The first kappa shape index (κ1) is 14.6. The number of halogens is 1. The van der Waals surface area contributed by atoms with Crippen LogP contribution in [0.4, 0.5) is 0 Å². The maximum Gasteiger partial charge on any atom is 0.281 e. The molecule has 0 saturated heterocycles. The van der Waals surface area contributed by atoms with Gasteiger partial charge in [-0.15, -0.1) is 11.3 Å². The molecule has 6 heteroatoms. The van der Waals surface area contributed by atoms with Gasteiger partial charge in [-0.05, 0) is 35.7 Å². The number of furan rings is 1. The normalized spacial score (nSPS) is 11.0. The number of carbonyl (C=O) groups excluding carboxylic acids is 1. The highest BCUT2D eigenvalue weighted by Gasteiger charge is 2.07. The minimum Gasteiger partial charge on any atom is -0.455 e. The third kappa shape index (κ3) is 3.27. The minimum absolute atomic E-state index is 0.246. The third-order valence-corrected chi connectivity index (χ3v) is 4.07. The highest BCUT2D eigenvalue weighted by Crippen LogP contribution is 2.28. The second-order valence-electron chi connectivity index (χ2n) is 4.36. The van der Waals surface area contributed by atoms with E-state index in [2.05, 4.69) is 10.5 Å². The summed E-state index contributed by atoms with van der Waals surface area (Å²) in [7, 11) is 0. The van der Waals surface area contributed by atoms with Crippen LogP contribution in [0.2, 0.25) is 5.02 Å². The summed E-state index contributed by atoms with van der Waals surface area (Å²) in [4.78, 5) is 12.3. The lowest BCUT2D eigenvalue weighted by atomic mass is 10.2. The summed E-state index contributed by atoms with van der Waals surface area (Å²) < 4.78 is 5.64. The second-order valence-corrected chi connectivity index (χ2v) is 5.71. The summed E-state index contributed by atoms with van der Waals surface area (Å²) in [6.07, 6.45) is 1.45. The van der Waals surface area contributed by atoms with E-state index in [1.165, 1.54) is 17.6 Å². The Hall–Kier alpha value is -2.37. The van der Waals surface area contributed by atoms with E-state index in [9.17, 15) is 4.79 Å². The predicted octanol–water partition coefficient (Wildman–Crippen LogP) is 4.43. The average molecular weight is 331 g/mol. The fourth-order valence-corrected chi connectivity index (χ4v) is 2.69. The molecule has 3 aromatic rings. The summed E-state index contributed by atoms with van der Waals surface area (Å²) in [5.74, 6) is 0.933. The number of benzene rings is 1. The van der Waals surface area contributed by atoms with Crippen LogP contribution < -0.4 is 5.43 Å². The van der Waals surface area contributed by atoms with E-state index in [0.717, 1.165) is 5.56 Å². The number of hydrogen-bond donors (Lipinski definition) is 1. The Kier molecular flexibility index (Phi) is 4.37. The molecule has 0 bridgehead atoms. The fraction of sp³-hybridized carbons (Fsp3) is 0. The number of thiophene rings is 1. The Bertz CT molecular complexity index is 809. The van der Waals surface area contributed by atoms with Crippen LogP contribution in [0, 0.1) is 0 Å². The fourth-order valence-electron chi connectivity index (χ4n) is 1.85. The Balaban J connectivity index is 1.68. The molecule has 0 aliphatic heterocycles. The monoisotopic (exact) mass is 330 g/mol. The van der Waals surface area contributed by atoms with E-state index >= 15 is 0 Å². The van der Waals surface area contributed by atoms with Gasteiger partial charge in [0.25, 0.3) is 5.91 Å². The molecule has 22 heavy (non-hydrogen) atoms. The molecule has 2 heterocycles. The van der Waals surface area contributed by atoms with Gasteiger partial charge in [0.05, 0.1) is 16.1 Å². The van der Waals surface area contributed by atoms with E-state index in [1.54, 1.807) is 18.2 Å². The van der Waals surface area contributed by atoms with Crippen molar-refractivity contribution in [2.45, 2.75) is 0 Å². The molecule has 4 nitrogen and oxygen atoms in total. The molecule has 3 rings (SSSR count). The van der Waals surface area contributed by atoms with E-state index in [0.29, 0.717) is 21.4 Å². The minimum atomic E-state index is -0.246. The van der Waals surface area contributed by atoms with E-state index in [-0.39, 0.29) is 5.91 Å².